The van der Waals surface area contributed by atoms with E-state index in [0.29, 0.717) is 29.7 Å². The predicted molar refractivity (Wildman–Crippen MR) is 178 cm³/mol. The molecule has 1 aliphatic rings. The number of rotatable bonds is 6. The highest BCUT2D eigenvalue weighted by Gasteiger charge is 2.35. The fourth-order valence-electron chi connectivity index (χ4n) is 4.43. The molecular weight excluding hydrogens is 591 g/mol. The lowest BCUT2D eigenvalue weighted by atomic mass is 9.95. The van der Waals surface area contributed by atoms with Crippen molar-refractivity contribution >= 4 is 11.4 Å². The second-order valence-electron chi connectivity index (χ2n) is 10.4. The summed E-state index contributed by atoms with van der Waals surface area (Å²) in [5.74, 6) is 14.1. The maximum Gasteiger partial charge on any atom is 0.433 e. The predicted octanol–water partition coefficient (Wildman–Crippen LogP) is 8.57. The van der Waals surface area contributed by atoms with Crippen LogP contribution in [0.5, 0.6) is 0 Å². The van der Waals surface area contributed by atoms with Crippen molar-refractivity contribution in [1.82, 2.24) is 14.6 Å². The van der Waals surface area contributed by atoms with E-state index in [9.17, 15) is 23.1 Å². The number of halogens is 3. The summed E-state index contributed by atoms with van der Waals surface area (Å²) in [5, 5.41) is 13.7. The molecule has 0 radical (unpaired) electrons. The van der Waals surface area contributed by atoms with Crippen LogP contribution in [0.1, 0.15) is 108 Å². The zero-order valence-electron chi connectivity index (χ0n) is 26.3. The second kappa shape index (κ2) is 20.8. The lowest BCUT2D eigenvalue weighted by Crippen LogP contribution is -2.25. The van der Waals surface area contributed by atoms with E-state index in [2.05, 4.69) is 39.7 Å². The second-order valence-corrected chi connectivity index (χ2v) is 10.4. The van der Waals surface area contributed by atoms with Crippen molar-refractivity contribution in [3.05, 3.63) is 53.9 Å². The van der Waals surface area contributed by atoms with Crippen molar-refractivity contribution in [3.63, 3.8) is 0 Å². The summed E-state index contributed by atoms with van der Waals surface area (Å²) in [6, 6.07) is 9.41. The molecule has 248 valence electrons. The van der Waals surface area contributed by atoms with Gasteiger partial charge in [-0.3, -0.25) is 4.79 Å². The van der Waals surface area contributed by atoms with Crippen LogP contribution in [0, 0.1) is 36.0 Å². The van der Waals surface area contributed by atoms with Gasteiger partial charge in [0.2, 0.25) is 0 Å². The van der Waals surface area contributed by atoms with Gasteiger partial charge in [0, 0.05) is 31.2 Å². The number of terminal acetylenes is 1. The SMILES string of the molecule is C.C#CCCOCCC#CCC.CC(=O)c1cnn2c(C(F)(F)F)cc(-c3ccccc3)nc12.CCC#CC1(O)CCCCCC1. The molecule has 0 spiro atoms. The summed E-state index contributed by atoms with van der Waals surface area (Å²) >= 11 is 0. The molecule has 1 aromatic carbocycles. The lowest BCUT2D eigenvalue weighted by Gasteiger charge is -2.19. The minimum absolute atomic E-state index is 0. The van der Waals surface area contributed by atoms with Crippen molar-refractivity contribution in [2.75, 3.05) is 13.2 Å². The molecule has 3 aromatic rings. The number of carbonyl (C=O) groups excluding carboxylic acids is 1. The van der Waals surface area contributed by atoms with Crippen LogP contribution in [-0.4, -0.2) is 44.3 Å². The van der Waals surface area contributed by atoms with E-state index in [1.54, 1.807) is 30.3 Å². The summed E-state index contributed by atoms with van der Waals surface area (Å²) in [6.07, 6.45) is 11.4. The number of aromatic nitrogens is 3. The summed E-state index contributed by atoms with van der Waals surface area (Å²) in [7, 11) is 0. The van der Waals surface area contributed by atoms with Gasteiger partial charge in [-0.2, -0.15) is 18.3 Å². The Morgan fingerprint density at radius 1 is 1.02 bits per heavy atom. The fourth-order valence-corrected chi connectivity index (χ4v) is 4.43. The summed E-state index contributed by atoms with van der Waals surface area (Å²) in [4.78, 5) is 15.7. The average Bonchev–Trinajstić information content (AvgIpc) is 3.34. The Hall–Kier alpha value is -4.10. The first-order valence-electron chi connectivity index (χ1n) is 15.3. The highest BCUT2D eigenvalue weighted by molar-refractivity contribution is 5.99. The van der Waals surface area contributed by atoms with E-state index in [-0.39, 0.29) is 30.1 Å². The number of fused-ring (bicyclic) bond motifs is 1. The molecule has 0 amide bonds. The third kappa shape index (κ3) is 13.5. The van der Waals surface area contributed by atoms with Crippen LogP contribution in [-0.2, 0) is 10.9 Å². The molecule has 4 rings (SSSR count). The molecule has 6 nitrogen and oxygen atoms in total. The number of hydrogen-bond donors (Lipinski definition) is 1. The number of hydrogen-bond acceptors (Lipinski definition) is 5. The fraction of sp³-hybridized carbons (Fsp3) is 0.486. The zero-order chi connectivity index (χ0) is 33.1. The highest BCUT2D eigenvalue weighted by atomic mass is 19.4. The maximum absolute atomic E-state index is 13.3. The Morgan fingerprint density at radius 3 is 2.22 bits per heavy atom. The molecule has 1 saturated carbocycles. The van der Waals surface area contributed by atoms with Crippen LogP contribution in [0.15, 0.2) is 42.6 Å². The van der Waals surface area contributed by atoms with Gasteiger partial charge in [-0.15, -0.1) is 30.1 Å². The van der Waals surface area contributed by atoms with Gasteiger partial charge in [0.15, 0.2) is 17.1 Å². The monoisotopic (exact) mass is 637 g/mol. The van der Waals surface area contributed by atoms with Crippen LogP contribution in [0.25, 0.3) is 16.9 Å². The van der Waals surface area contributed by atoms with Crippen molar-refractivity contribution in [2.45, 2.75) is 104 Å². The number of nitrogens with zero attached hydrogens (tertiary/aromatic N) is 3. The quantitative estimate of drug-likeness (QED) is 0.127. The van der Waals surface area contributed by atoms with Crippen LogP contribution in [0.2, 0.25) is 0 Å². The summed E-state index contributed by atoms with van der Waals surface area (Å²) < 4.78 is 45.6. The molecule has 1 N–H and O–H groups in total. The Balaban J connectivity index is 0.000000377. The minimum atomic E-state index is -4.61. The van der Waals surface area contributed by atoms with Crippen LogP contribution >= 0.6 is 0 Å². The Labute approximate surface area is 272 Å². The Kier molecular flexibility index (Phi) is 18.1. The molecule has 0 saturated heterocycles. The Morgan fingerprint density at radius 2 is 1.65 bits per heavy atom. The molecule has 0 atom stereocenters. The van der Waals surface area contributed by atoms with E-state index in [4.69, 9.17) is 11.2 Å². The van der Waals surface area contributed by atoms with Crippen molar-refractivity contribution in [2.24, 2.45) is 0 Å². The molecule has 9 heteroatoms. The zero-order valence-corrected chi connectivity index (χ0v) is 26.3. The molecule has 0 unspecified atom stereocenters. The third-order valence-corrected chi connectivity index (χ3v) is 6.70. The smallest absolute Gasteiger partial charge is 0.379 e. The molecular formula is C37H46F3N3O3. The molecule has 1 fully saturated rings. The first-order valence-corrected chi connectivity index (χ1v) is 15.3. The standard InChI is InChI=1S/C15H10F3N3O.C11H18O.C10H14O.CH4/c1-9(22)11-8-19-21-13(15(16,17)18)7-12(20-14(11)21)10-5-3-2-4-6-10;1-2-3-8-11(12)9-6-4-5-7-10-11;1-3-5-7-8-10-11-9-6-4-2;/h2-8H,1H3;12H,2,4-7,9-10H2,1H3;2H,3,6,8-10H2,1H3;1H4. The van der Waals surface area contributed by atoms with Gasteiger partial charge in [-0.1, -0.05) is 70.4 Å². The lowest BCUT2D eigenvalue weighted by molar-refractivity contribution is -0.142. The van der Waals surface area contributed by atoms with Gasteiger partial charge < -0.3 is 9.84 Å². The van der Waals surface area contributed by atoms with Gasteiger partial charge in [-0.05, 0) is 38.7 Å². The van der Waals surface area contributed by atoms with Gasteiger partial charge in [0.1, 0.15) is 5.60 Å². The third-order valence-electron chi connectivity index (χ3n) is 6.70. The highest BCUT2D eigenvalue weighted by Crippen LogP contribution is 2.32. The van der Waals surface area contributed by atoms with E-state index in [1.807, 2.05) is 13.8 Å². The number of alkyl halides is 3. The number of benzene rings is 1. The van der Waals surface area contributed by atoms with E-state index in [1.165, 1.54) is 19.8 Å². The van der Waals surface area contributed by atoms with Gasteiger partial charge in [0.05, 0.1) is 30.7 Å². The number of ketones is 1. The minimum Gasteiger partial charge on any atom is -0.379 e. The number of Topliss-reactive ketones (excluding diaryl/α,β-unsaturated/α-hetero) is 1. The molecule has 1 aliphatic carbocycles. The van der Waals surface area contributed by atoms with E-state index >= 15 is 0 Å². The van der Waals surface area contributed by atoms with Crippen LogP contribution in [0.4, 0.5) is 13.2 Å². The first kappa shape index (κ1) is 39.9. The van der Waals surface area contributed by atoms with Gasteiger partial charge in [0.25, 0.3) is 0 Å². The number of aliphatic hydroxyl groups is 1. The summed E-state index contributed by atoms with van der Waals surface area (Å²) in [5.41, 5.74) is -0.977. The normalized spacial score (nSPS) is 13.3. The molecule has 0 aliphatic heterocycles. The van der Waals surface area contributed by atoms with E-state index in [0.717, 1.165) is 57.2 Å². The average molecular weight is 638 g/mol. The van der Waals surface area contributed by atoms with Crippen molar-refractivity contribution < 1.29 is 27.8 Å². The number of carbonyl (C=O) groups is 1. The summed E-state index contributed by atoms with van der Waals surface area (Å²) in [6.45, 7) is 6.68. The van der Waals surface area contributed by atoms with Crippen LogP contribution in [0.3, 0.4) is 0 Å². The first-order chi connectivity index (χ1) is 21.6. The van der Waals surface area contributed by atoms with Gasteiger partial charge >= 0.3 is 6.18 Å². The largest absolute Gasteiger partial charge is 0.433 e. The van der Waals surface area contributed by atoms with Crippen LogP contribution < -0.4 is 0 Å². The molecule has 2 aromatic heterocycles. The topological polar surface area (TPSA) is 76.7 Å². The van der Waals surface area contributed by atoms with Crippen molar-refractivity contribution in [3.8, 4) is 47.3 Å². The Bertz CT molecular complexity index is 1510. The van der Waals surface area contributed by atoms with Gasteiger partial charge in [-0.25, -0.2) is 9.50 Å². The molecule has 0 bridgehead atoms. The molecule has 46 heavy (non-hydrogen) atoms. The van der Waals surface area contributed by atoms with E-state index < -0.39 is 17.5 Å². The van der Waals surface area contributed by atoms with Crippen molar-refractivity contribution in [1.29, 1.82) is 0 Å². The molecule has 2 heterocycles. The maximum atomic E-state index is 13.3. The number of ether oxygens (including phenoxy) is 1.